The van der Waals surface area contributed by atoms with E-state index in [1.807, 2.05) is 6.92 Å². The van der Waals surface area contributed by atoms with Gasteiger partial charge in [-0.05, 0) is 55.5 Å². The van der Waals surface area contributed by atoms with Gasteiger partial charge < -0.3 is 19.8 Å². The molecule has 1 unspecified atom stereocenters. The van der Waals surface area contributed by atoms with Crippen LogP contribution in [0.25, 0.3) is 0 Å². The van der Waals surface area contributed by atoms with E-state index in [0.717, 1.165) is 0 Å². The Morgan fingerprint density at radius 3 is 2.58 bits per heavy atom. The van der Waals surface area contributed by atoms with Crippen LogP contribution in [0.5, 0.6) is 5.75 Å². The number of para-hydroxylation sites is 2. The third kappa shape index (κ3) is 4.28. The molecule has 31 heavy (non-hydrogen) atoms. The van der Waals surface area contributed by atoms with Gasteiger partial charge in [0, 0.05) is 5.69 Å². The Hall–Kier alpha value is -4.07. The highest BCUT2D eigenvalue weighted by Gasteiger charge is 2.39. The van der Waals surface area contributed by atoms with Crippen LogP contribution in [0.3, 0.4) is 0 Å². The third-order valence-electron chi connectivity index (χ3n) is 4.81. The van der Waals surface area contributed by atoms with Crippen molar-refractivity contribution in [1.29, 1.82) is 0 Å². The first-order valence-corrected chi connectivity index (χ1v) is 9.86. The molecule has 158 valence electrons. The van der Waals surface area contributed by atoms with Crippen LogP contribution in [0, 0.1) is 0 Å². The van der Waals surface area contributed by atoms with E-state index < -0.39 is 23.8 Å². The number of hydrogen-bond acceptors (Lipinski definition) is 5. The van der Waals surface area contributed by atoms with Gasteiger partial charge in [0.15, 0.2) is 5.76 Å². The molecular formula is C23H21N3O5. The highest BCUT2D eigenvalue weighted by atomic mass is 16.5. The Labute approximate surface area is 178 Å². The van der Waals surface area contributed by atoms with Gasteiger partial charge in [0.25, 0.3) is 5.91 Å². The van der Waals surface area contributed by atoms with E-state index in [1.165, 1.54) is 17.2 Å². The van der Waals surface area contributed by atoms with E-state index >= 15 is 0 Å². The molecule has 0 fully saturated rings. The van der Waals surface area contributed by atoms with E-state index in [2.05, 4.69) is 10.6 Å². The van der Waals surface area contributed by atoms with Crippen LogP contribution in [0.1, 0.15) is 23.9 Å². The van der Waals surface area contributed by atoms with Crippen LogP contribution in [0.15, 0.2) is 71.3 Å². The lowest BCUT2D eigenvalue weighted by atomic mass is 10.0. The maximum Gasteiger partial charge on any atom is 0.294 e. The summed E-state index contributed by atoms with van der Waals surface area (Å²) in [7, 11) is 0. The first kappa shape index (κ1) is 20.2. The van der Waals surface area contributed by atoms with E-state index in [9.17, 15) is 14.4 Å². The Morgan fingerprint density at radius 2 is 1.87 bits per heavy atom. The molecule has 1 aliphatic rings. The minimum atomic E-state index is -1.03. The highest BCUT2D eigenvalue weighted by molar-refractivity contribution is 6.17. The number of anilines is 3. The quantitative estimate of drug-likeness (QED) is 0.635. The van der Waals surface area contributed by atoms with Crippen molar-refractivity contribution in [3.63, 3.8) is 0 Å². The number of furan rings is 1. The monoisotopic (exact) mass is 419 g/mol. The average Bonchev–Trinajstić information content (AvgIpc) is 3.30. The molecule has 0 radical (unpaired) electrons. The number of benzene rings is 2. The second-order valence-corrected chi connectivity index (χ2v) is 6.88. The second-order valence-electron chi connectivity index (χ2n) is 6.88. The largest absolute Gasteiger partial charge is 0.494 e. The van der Waals surface area contributed by atoms with Crippen molar-refractivity contribution in [1.82, 2.24) is 0 Å². The van der Waals surface area contributed by atoms with Gasteiger partial charge in [0.2, 0.25) is 11.8 Å². The summed E-state index contributed by atoms with van der Waals surface area (Å²) < 4.78 is 10.6. The van der Waals surface area contributed by atoms with Gasteiger partial charge in [0.1, 0.15) is 11.8 Å². The number of amides is 3. The fraction of sp³-hybridized carbons (Fsp3) is 0.174. The summed E-state index contributed by atoms with van der Waals surface area (Å²) in [6.07, 6.45) is 1.16. The SMILES string of the molecule is CCOc1ccc(NC(=O)CC2C(=O)Nc3ccccc3N2C(=O)c2ccco2)cc1. The van der Waals surface area contributed by atoms with Crippen molar-refractivity contribution < 1.29 is 23.5 Å². The van der Waals surface area contributed by atoms with Crippen LogP contribution in [-0.4, -0.2) is 30.4 Å². The molecule has 1 aromatic heterocycles. The van der Waals surface area contributed by atoms with E-state index in [0.29, 0.717) is 29.4 Å². The number of ether oxygens (including phenoxy) is 1. The maximum atomic E-state index is 13.1. The van der Waals surface area contributed by atoms with Crippen LogP contribution < -0.4 is 20.3 Å². The molecule has 0 bridgehead atoms. The fourth-order valence-corrected chi connectivity index (χ4v) is 3.43. The zero-order chi connectivity index (χ0) is 21.8. The summed E-state index contributed by atoms with van der Waals surface area (Å²) in [5.41, 5.74) is 1.56. The summed E-state index contributed by atoms with van der Waals surface area (Å²) in [6.45, 7) is 2.43. The van der Waals surface area contributed by atoms with Crippen LogP contribution in [0.4, 0.5) is 17.1 Å². The van der Waals surface area contributed by atoms with Crippen molar-refractivity contribution in [3.8, 4) is 5.75 Å². The first-order valence-electron chi connectivity index (χ1n) is 9.86. The standard InChI is InChI=1S/C23H21N3O5/c1-2-30-16-11-9-15(10-12-16)24-21(27)14-19-22(28)25-17-6-3-4-7-18(17)26(19)23(29)20-8-5-13-31-20/h3-13,19H,2,14H2,1H3,(H,24,27)(H,25,28). The molecule has 0 aliphatic carbocycles. The number of nitrogens with zero attached hydrogens (tertiary/aromatic N) is 1. The molecule has 4 rings (SSSR count). The van der Waals surface area contributed by atoms with Crippen molar-refractivity contribution >= 4 is 34.8 Å². The van der Waals surface area contributed by atoms with Gasteiger partial charge in [-0.2, -0.15) is 0 Å². The first-order chi connectivity index (χ1) is 15.1. The summed E-state index contributed by atoms with van der Waals surface area (Å²) in [6, 6.07) is 15.9. The molecule has 3 aromatic rings. The lowest BCUT2D eigenvalue weighted by molar-refractivity contribution is -0.122. The molecule has 8 nitrogen and oxygen atoms in total. The number of rotatable bonds is 6. The zero-order valence-corrected chi connectivity index (χ0v) is 16.8. The van der Waals surface area contributed by atoms with E-state index in [-0.39, 0.29) is 12.2 Å². The molecule has 2 heterocycles. The van der Waals surface area contributed by atoms with E-state index in [1.54, 1.807) is 54.6 Å². The number of hydrogen-bond donors (Lipinski definition) is 2. The lowest BCUT2D eigenvalue weighted by Gasteiger charge is -2.35. The third-order valence-corrected chi connectivity index (χ3v) is 4.81. The minimum absolute atomic E-state index is 0.0847. The van der Waals surface area contributed by atoms with Gasteiger partial charge in [0.05, 0.1) is 30.7 Å². The van der Waals surface area contributed by atoms with Crippen LogP contribution in [0.2, 0.25) is 0 Å². The van der Waals surface area contributed by atoms with Crippen molar-refractivity contribution in [2.45, 2.75) is 19.4 Å². The number of carbonyl (C=O) groups excluding carboxylic acids is 3. The molecule has 3 amide bonds. The van der Waals surface area contributed by atoms with Crippen molar-refractivity contribution in [2.24, 2.45) is 0 Å². The van der Waals surface area contributed by atoms with Crippen molar-refractivity contribution in [2.75, 3.05) is 22.1 Å². The Morgan fingerprint density at radius 1 is 1.10 bits per heavy atom. The normalized spacial score (nSPS) is 15.1. The smallest absolute Gasteiger partial charge is 0.294 e. The molecule has 1 aliphatic heterocycles. The molecule has 2 aromatic carbocycles. The molecule has 0 spiro atoms. The van der Waals surface area contributed by atoms with Crippen molar-refractivity contribution in [3.05, 3.63) is 72.7 Å². The summed E-state index contributed by atoms with van der Waals surface area (Å²) in [5.74, 6) is -0.562. The summed E-state index contributed by atoms with van der Waals surface area (Å²) in [5, 5.41) is 5.53. The molecule has 0 saturated heterocycles. The molecule has 0 saturated carbocycles. The fourth-order valence-electron chi connectivity index (χ4n) is 3.43. The van der Waals surface area contributed by atoms with Crippen LogP contribution in [-0.2, 0) is 9.59 Å². The van der Waals surface area contributed by atoms with Gasteiger partial charge >= 0.3 is 0 Å². The summed E-state index contributed by atoms with van der Waals surface area (Å²) >= 11 is 0. The predicted octanol–water partition coefficient (Wildman–Crippen LogP) is 3.67. The van der Waals surface area contributed by atoms with Gasteiger partial charge in [-0.15, -0.1) is 0 Å². The van der Waals surface area contributed by atoms with Gasteiger partial charge in [-0.3, -0.25) is 19.3 Å². The lowest BCUT2D eigenvalue weighted by Crippen LogP contribution is -2.52. The Kier molecular flexibility index (Phi) is 5.70. The second kappa shape index (κ2) is 8.74. The number of fused-ring (bicyclic) bond motifs is 1. The molecule has 1 atom stereocenters. The van der Waals surface area contributed by atoms with Gasteiger partial charge in [-0.25, -0.2) is 0 Å². The molecule has 2 N–H and O–H groups in total. The zero-order valence-electron chi connectivity index (χ0n) is 16.8. The Bertz CT molecular complexity index is 1090. The molecule has 8 heteroatoms. The maximum absolute atomic E-state index is 13.1. The highest BCUT2D eigenvalue weighted by Crippen LogP contribution is 2.34. The number of nitrogens with one attached hydrogen (secondary N) is 2. The minimum Gasteiger partial charge on any atom is -0.494 e. The van der Waals surface area contributed by atoms with E-state index in [4.69, 9.17) is 9.15 Å². The predicted molar refractivity (Wildman–Crippen MR) is 115 cm³/mol. The number of carbonyl (C=O) groups is 3. The van der Waals surface area contributed by atoms with Crippen LogP contribution >= 0.6 is 0 Å². The average molecular weight is 419 g/mol. The molecular weight excluding hydrogens is 398 g/mol. The Balaban J connectivity index is 1.57. The summed E-state index contributed by atoms with van der Waals surface area (Å²) in [4.78, 5) is 40.0. The van der Waals surface area contributed by atoms with Gasteiger partial charge in [-0.1, -0.05) is 12.1 Å². The topological polar surface area (TPSA) is 101 Å².